The lowest BCUT2D eigenvalue weighted by atomic mass is 10.1. The number of carbonyl (C=O) groups excluding carboxylic acids is 3. The number of amides is 3. The average molecular weight is 392 g/mol. The van der Waals surface area contributed by atoms with Gasteiger partial charge in [0.25, 0.3) is 5.91 Å². The van der Waals surface area contributed by atoms with Gasteiger partial charge in [-0.3, -0.25) is 10.1 Å². The van der Waals surface area contributed by atoms with E-state index in [9.17, 15) is 14.4 Å². The number of para-hydroxylation sites is 1. The van der Waals surface area contributed by atoms with Crippen molar-refractivity contribution < 1.29 is 19.1 Å². The van der Waals surface area contributed by atoms with Gasteiger partial charge in [-0.2, -0.15) is 5.10 Å². The number of urea groups is 1. The smallest absolute Gasteiger partial charge is 0.342 e. The zero-order valence-corrected chi connectivity index (χ0v) is 15.8. The van der Waals surface area contributed by atoms with Gasteiger partial charge in [0.2, 0.25) is 0 Å². The van der Waals surface area contributed by atoms with E-state index in [0.29, 0.717) is 12.2 Å². The Morgan fingerprint density at radius 1 is 1.00 bits per heavy atom. The van der Waals surface area contributed by atoms with Crippen LogP contribution in [0.2, 0.25) is 0 Å². The van der Waals surface area contributed by atoms with E-state index >= 15 is 0 Å². The fourth-order valence-electron chi connectivity index (χ4n) is 2.62. The van der Waals surface area contributed by atoms with Crippen LogP contribution in [-0.4, -0.2) is 40.8 Å². The number of rotatable bonds is 6. The van der Waals surface area contributed by atoms with Gasteiger partial charge < -0.3 is 10.1 Å². The van der Waals surface area contributed by atoms with Crippen LogP contribution in [-0.2, 0) is 9.53 Å². The Bertz CT molecular complexity index is 1000. The SMILES string of the molecule is CCNC(=O)NC(=O)COC(=O)c1cn(-c2ccccc2)nc1-c1ccccc1. The van der Waals surface area contributed by atoms with Crippen LogP contribution in [0.15, 0.2) is 66.9 Å². The first-order valence-corrected chi connectivity index (χ1v) is 9.03. The molecule has 0 spiro atoms. The summed E-state index contributed by atoms with van der Waals surface area (Å²) in [4.78, 5) is 35.8. The number of ether oxygens (including phenoxy) is 1. The van der Waals surface area contributed by atoms with Crippen LogP contribution in [0.4, 0.5) is 4.79 Å². The summed E-state index contributed by atoms with van der Waals surface area (Å²) in [5, 5.41) is 9.02. The molecule has 1 aromatic heterocycles. The van der Waals surface area contributed by atoms with Crippen molar-refractivity contribution in [2.45, 2.75) is 6.92 Å². The number of esters is 1. The topological polar surface area (TPSA) is 102 Å². The van der Waals surface area contributed by atoms with Gasteiger partial charge in [0.1, 0.15) is 11.3 Å². The van der Waals surface area contributed by atoms with Crippen LogP contribution in [0, 0.1) is 0 Å². The molecule has 29 heavy (non-hydrogen) atoms. The molecule has 3 aromatic rings. The molecule has 0 fully saturated rings. The lowest BCUT2D eigenvalue weighted by Gasteiger charge is -2.06. The summed E-state index contributed by atoms with van der Waals surface area (Å²) >= 11 is 0. The van der Waals surface area contributed by atoms with Crippen molar-refractivity contribution in [1.29, 1.82) is 0 Å². The van der Waals surface area contributed by atoms with E-state index < -0.39 is 24.5 Å². The molecule has 0 atom stereocenters. The second-order valence-corrected chi connectivity index (χ2v) is 6.02. The Morgan fingerprint density at radius 3 is 2.31 bits per heavy atom. The first-order chi connectivity index (χ1) is 14.1. The normalized spacial score (nSPS) is 10.2. The van der Waals surface area contributed by atoms with Gasteiger partial charge in [0, 0.05) is 18.3 Å². The third-order valence-electron chi connectivity index (χ3n) is 3.93. The molecular formula is C21H20N4O4. The largest absolute Gasteiger partial charge is 0.452 e. The molecule has 0 bridgehead atoms. The predicted octanol–water partition coefficient (Wildman–Crippen LogP) is 2.54. The summed E-state index contributed by atoms with van der Waals surface area (Å²) in [7, 11) is 0. The first-order valence-electron chi connectivity index (χ1n) is 9.03. The van der Waals surface area contributed by atoms with Gasteiger partial charge in [0.15, 0.2) is 6.61 Å². The number of nitrogens with zero attached hydrogens (tertiary/aromatic N) is 2. The Balaban J connectivity index is 1.81. The Morgan fingerprint density at radius 2 is 1.66 bits per heavy atom. The molecule has 1 heterocycles. The molecule has 0 radical (unpaired) electrons. The predicted molar refractivity (Wildman–Crippen MR) is 106 cm³/mol. The monoisotopic (exact) mass is 392 g/mol. The number of carbonyl (C=O) groups is 3. The molecule has 3 rings (SSSR count). The molecule has 8 nitrogen and oxygen atoms in total. The summed E-state index contributed by atoms with van der Waals surface area (Å²) in [5.41, 5.74) is 2.16. The number of imide groups is 1. The maximum Gasteiger partial charge on any atom is 0.342 e. The minimum atomic E-state index is -0.721. The maximum atomic E-state index is 12.6. The summed E-state index contributed by atoms with van der Waals surface area (Å²) in [5.74, 6) is -1.43. The lowest BCUT2D eigenvalue weighted by molar-refractivity contribution is -0.123. The van der Waals surface area contributed by atoms with E-state index in [1.807, 2.05) is 60.7 Å². The standard InChI is InChI=1S/C21H20N4O4/c1-2-22-21(28)23-18(26)14-29-20(27)17-13-25(16-11-7-4-8-12-16)24-19(17)15-9-5-3-6-10-15/h3-13H,2,14H2,1H3,(H2,22,23,26,28). The molecule has 148 valence electrons. The molecule has 0 saturated carbocycles. The average Bonchev–Trinajstić information content (AvgIpc) is 3.19. The zero-order chi connectivity index (χ0) is 20.6. The molecule has 2 aromatic carbocycles. The van der Waals surface area contributed by atoms with Crippen molar-refractivity contribution in [2.75, 3.05) is 13.2 Å². The fourth-order valence-corrected chi connectivity index (χ4v) is 2.62. The third kappa shape index (κ3) is 5.07. The highest BCUT2D eigenvalue weighted by Gasteiger charge is 2.21. The van der Waals surface area contributed by atoms with E-state index in [-0.39, 0.29) is 5.56 Å². The summed E-state index contributed by atoms with van der Waals surface area (Å²) in [6.07, 6.45) is 1.56. The van der Waals surface area contributed by atoms with Gasteiger partial charge in [-0.25, -0.2) is 14.3 Å². The van der Waals surface area contributed by atoms with Crippen molar-refractivity contribution in [1.82, 2.24) is 20.4 Å². The fraction of sp³-hybridized carbons (Fsp3) is 0.143. The van der Waals surface area contributed by atoms with Crippen molar-refractivity contribution in [3.63, 3.8) is 0 Å². The van der Waals surface area contributed by atoms with Gasteiger partial charge in [0.05, 0.1) is 5.69 Å². The van der Waals surface area contributed by atoms with Crippen LogP contribution in [0.5, 0.6) is 0 Å². The lowest BCUT2D eigenvalue weighted by Crippen LogP contribution is -2.41. The second kappa shape index (κ2) is 9.32. The van der Waals surface area contributed by atoms with E-state index in [0.717, 1.165) is 11.3 Å². The molecule has 2 N–H and O–H groups in total. The van der Waals surface area contributed by atoms with E-state index in [1.165, 1.54) is 0 Å². The molecule has 0 aliphatic heterocycles. The number of hydrogen-bond donors (Lipinski definition) is 2. The molecule has 0 aliphatic carbocycles. The second-order valence-electron chi connectivity index (χ2n) is 6.02. The van der Waals surface area contributed by atoms with Gasteiger partial charge >= 0.3 is 12.0 Å². The number of aromatic nitrogens is 2. The van der Waals surface area contributed by atoms with Crippen molar-refractivity contribution in [2.24, 2.45) is 0 Å². The molecular weight excluding hydrogens is 372 g/mol. The maximum absolute atomic E-state index is 12.6. The van der Waals surface area contributed by atoms with Gasteiger partial charge in [-0.15, -0.1) is 0 Å². The number of nitrogens with one attached hydrogen (secondary N) is 2. The highest BCUT2D eigenvalue weighted by molar-refractivity contribution is 5.99. The molecule has 0 saturated heterocycles. The zero-order valence-electron chi connectivity index (χ0n) is 15.8. The Kier molecular flexibility index (Phi) is 6.36. The first kappa shape index (κ1) is 19.8. The van der Waals surface area contributed by atoms with Crippen LogP contribution >= 0.6 is 0 Å². The number of hydrogen-bond acceptors (Lipinski definition) is 5. The van der Waals surface area contributed by atoms with Crippen molar-refractivity contribution in [3.8, 4) is 16.9 Å². The van der Waals surface area contributed by atoms with Crippen molar-refractivity contribution in [3.05, 3.63) is 72.4 Å². The van der Waals surface area contributed by atoms with Crippen LogP contribution in [0.25, 0.3) is 16.9 Å². The Labute approximate surface area is 167 Å². The highest BCUT2D eigenvalue weighted by Crippen LogP contribution is 2.24. The minimum absolute atomic E-state index is 0.214. The summed E-state index contributed by atoms with van der Waals surface area (Å²) in [6, 6.07) is 17.9. The molecule has 8 heteroatoms. The van der Waals surface area contributed by atoms with Crippen LogP contribution in [0.1, 0.15) is 17.3 Å². The van der Waals surface area contributed by atoms with E-state index in [4.69, 9.17) is 4.74 Å². The number of benzene rings is 2. The van der Waals surface area contributed by atoms with Crippen molar-refractivity contribution >= 4 is 17.9 Å². The quantitative estimate of drug-likeness (QED) is 0.628. The van der Waals surface area contributed by atoms with Gasteiger partial charge in [-0.1, -0.05) is 48.5 Å². The van der Waals surface area contributed by atoms with Crippen LogP contribution < -0.4 is 10.6 Å². The third-order valence-corrected chi connectivity index (χ3v) is 3.93. The van der Waals surface area contributed by atoms with Crippen LogP contribution in [0.3, 0.4) is 0 Å². The summed E-state index contributed by atoms with van der Waals surface area (Å²) in [6.45, 7) is 1.51. The van der Waals surface area contributed by atoms with E-state index in [2.05, 4.69) is 15.7 Å². The minimum Gasteiger partial charge on any atom is -0.452 e. The summed E-state index contributed by atoms with van der Waals surface area (Å²) < 4.78 is 6.67. The molecule has 3 amide bonds. The van der Waals surface area contributed by atoms with Gasteiger partial charge in [-0.05, 0) is 19.1 Å². The molecule has 0 aliphatic rings. The highest BCUT2D eigenvalue weighted by atomic mass is 16.5. The Hall–Kier alpha value is -3.94. The van der Waals surface area contributed by atoms with E-state index in [1.54, 1.807) is 17.8 Å². The molecule has 0 unspecified atom stereocenters.